The predicted molar refractivity (Wildman–Crippen MR) is 42.0 cm³/mol. The Labute approximate surface area is 59.0 Å². The van der Waals surface area contributed by atoms with Crippen molar-refractivity contribution in [3.8, 4) is 0 Å². The standard InChI is InChI=1S/C8H6S/c1-2-9-8-6-4-3-5-7-8/h2-4,6H,1H2. The Morgan fingerprint density at radius 3 is 3.11 bits per heavy atom. The molecule has 0 unspecified atom stereocenters. The van der Waals surface area contributed by atoms with Crippen LogP contribution < -0.4 is 0 Å². The van der Waals surface area contributed by atoms with E-state index in [0.29, 0.717) is 0 Å². The molecule has 1 heteroatoms. The average Bonchev–Trinajstić information content (AvgIpc) is 1.91. The highest BCUT2D eigenvalue weighted by Crippen LogP contribution is 2.16. The fraction of sp³-hybridized carbons (Fsp3) is 0. The summed E-state index contributed by atoms with van der Waals surface area (Å²) in [6, 6.07) is 0. The summed E-state index contributed by atoms with van der Waals surface area (Å²) in [5, 5.41) is 1.78. The second kappa shape index (κ2) is 3.21. The summed E-state index contributed by atoms with van der Waals surface area (Å²) in [5.41, 5.74) is 5.79. The molecule has 0 radical (unpaired) electrons. The summed E-state index contributed by atoms with van der Waals surface area (Å²) in [6.45, 7) is 3.59. The molecule has 0 N–H and O–H groups in total. The van der Waals surface area contributed by atoms with Crippen molar-refractivity contribution in [3.63, 3.8) is 0 Å². The molecule has 0 spiro atoms. The highest BCUT2D eigenvalue weighted by atomic mass is 32.2. The van der Waals surface area contributed by atoms with Crippen LogP contribution >= 0.6 is 11.8 Å². The Bertz CT molecular complexity index is 233. The third kappa shape index (κ3) is 1.83. The third-order valence-electron chi connectivity index (χ3n) is 0.833. The molecular formula is C8H6S. The van der Waals surface area contributed by atoms with E-state index in [1.54, 1.807) is 17.2 Å². The molecule has 1 aliphatic rings. The largest absolute Gasteiger partial charge is 0.0923 e. The molecule has 0 bridgehead atoms. The molecule has 0 heterocycles. The van der Waals surface area contributed by atoms with Crippen molar-refractivity contribution in [1.29, 1.82) is 0 Å². The van der Waals surface area contributed by atoms with E-state index in [0.717, 1.165) is 4.91 Å². The Morgan fingerprint density at radius 1 is 1.67 bits per heavy atom. The molecule has 0 amide bonds. The molecule has 0 nitrogen and oxygen atoms in total. The summed E-state index contributed by atoms with van der Waals surface area (Å²) in [7, 11) is 0. The Balaban J connectivity index is 2.80. The number of rotatable bonds is 2. The van der Waals surface area contributed by atoms with Crippen molar-refractivity contribution >= 4 is 11.8 Å². The van der Waals surface area contributed by atoms with Crippen LogP contribution in [0.1, 0.15) is 0 Å². The lowest BCUT2D eigenvalue weighted by atomic mass is 10.4. The van der Waals surface area contributed by atoms with Gasteiger partial charge in [0.15, 0.2) is 0 Å². The molecule has 1 aliphatic carbocycles. The number of allylic oxidation sites excluding steroid dienone is 3. The maximum Gasteiger partial charge on any atom is 0.0619 e. The molecule has 9 heavy (non-hydrogen) atoms. The van der Waals surface area contributed by atoms with Gasteiger partial charge in [0.1, 0.15) is 0 Å². The minimum absolute atomic E-state index is 1.06. The topological polar surface area (TPSA) is 0 Å². The second-order valence-electron chi connectivity index (χ2n) is 1.44. The highest BCUT2D eigenvalue weighted by Gasteiger charge is 1.86. The minimum atomic E-state index is 1.06. The highest BCUT2D eigenvalue weighted by molar-refractivity contribution is 8.06. The predicted octanol–water partition coefficient (Wildman–Crippen LogP) is 2.63. The van der Waals surface area contributed by atoms with Gasteiger partial charge in [0.25, 0.3) is 0 Å². The SMILES string of the molecule is C=CSC1=C=C=CC=C1. The van der Waals surface area contributed by atoms with Gasteiger partial charge in [-0.15, -0.1) is 0 Å². The van der Waals surface area contributed by atoms with Crippen molar-refractivity contribution in [2.75, 3.05) is 0 Å². The van der Waals surface area contributed by atoms with Gasteiger partial charge in [0.2, 0.25) is 0 Å². The van der Waals surface area contributed by atoms with Gasteiger partial charge in [-0.2, -0.15) is 0 Å². The first-order valence-electron chi connectivity index (χ1n) is 2.59. The smallest absolute Gasteiger partial charge is 0.0619 e. The van der Waals surface area contributed by atoms with Crippen LogP contribution in [0, 0.1) is 0 Å². The van der Waals surface area contributed by atoms with Crippen molar-refractivity contribution in [3.05, 3.63) is 46.6 Å². The van der Waals surface area contributed by atoms with Crippen LogP contribution in [0.15, 0.2) is 46.6 Å². The first kappa shape index (κ1) is 6.25. The maximum atomic E-state index is 3.59. The van der Waals surface area contributed by atoms with E-state index in [4.69, 9.17) is 0 Å². The lowest BCUT2D eigenvalue weighted by Crippen LogP contribution is -1.64. The van der Waals surface area contributed by atoms with E-state index >= 15 is 0 Å². The molecule has 44 valence electrons. The monoisotopic (exact) mass is 134 g/mol. The molecule has 0 aromatic carbocycles. The van der Waals surface area contributed by atoms with E-state index in [2.05, 4.69) is 18.0 Å². The normalized spacial score (nSPS) is 13.6. The number of hydrogen-bond donors (Lipinski definition) is 0. The van der Waals surface area contributed by atoms with Crippen LogP contribution in [-0.2, 0) is 0 Å². The average molecular weight is 134 g/mol. The van der Waals surface area contributed by atoms with E-state index in [9.17, 15) is 0 Å². The van der Waals surface area contributed by atoms with Gasteiger partial charge in [-0.3, -0.25) is 0 Å². The van der Waals surface area contributed by atoms with Crippen LogP contribution in [0.3, 0.4) is 0 Å². The summed E-state index contributed by atoms with van der Waals surface area (Å²) >= 11 is 1.55. The van der Waals surface area contributed by atoms with E-state index < -0.39 is 0 Å². The van der Waals surface area contributed by atoms with Crippen molar-refractivity contribution < 1.29 is 0 Å². The second-order valence-corrected chi connectivity index (χ2v) is 2.45. The van der Waals surface area contributed by atoms with Crippen LogP contribution in [0.5, 0.6) is 0 Å². The molecule has 0 aromatic rings. The fourth-order valence-corrected chi connectivity index (χ4v) is 0.951. The van der Waals surface area contributed by atoms with Crippen molar-refractivity contribution in [2.45, 2.75) is 0 Å². The molecule has 0 saturated heterocycles. The lowest BCUT2D eigenvalue weighted by molar-refractivity contribution is 1.84. The quantitative estimate of drug-likeness (QED) is 0.523. The van der Waals surface area contributed by atoms with Crippen LogP contribution in [0.4, 0.5) is 0 Å². The van der Waals surface area contributed by atoms with Crippen molar-refractivity contribution in [2.24, 2.45) is 0 Å². The summed E-state index contributed by atoms with van der Waals surface area (Å²) in [5.74, 6) is 0. The van der Waals surface area contributed by atoms with Gasteiger partial charge in [-0.1, -0.05) is 35.9 Å². The number of thioether (sulfide) groups is 1. The molecule has 0 aromatic heterocycles. The maximum absolute atomic E-state index is 3.59. The molecule has 0 fully saturated rings. The van der Waals surface area contributed by atoms with E-state index in [1.165, 1.54) is 0 Å². The van der Waals surface area contributed by atoms with Crippen LogP contribution in [0.25, 0.3) is 0 Å². The molecule has 0 atom stereocenters. The van der Waals surface area contributed by atoms with Crippen molar-refractivity contribution in [1.82, 2.24) is 0 Å². The fourth-order valence-electron chi connectivity index (χ4n) is 0.497. The van der Waals surface area contributed by atoms with Gasteiger partial charge in [0, 0.05) is 0 Å². The van der Waals surface area contributed by atoms with Crippen LogP contribution in [0.2, 0.25) is 0 Å². The van der Waals surface area contributed by atoms with E-state index in [-0.39, 0.29) is 0 Å². The zero-order valence-corrected chi connectivity index (χ0v) is 5.74. The van der Waals surface area contributed by atoms with Gasteiger partial charge >= 0.3 is 0 Å². The zero-order valence-electron chi connectivity index (χ0n) is 4.92. The Morgan fingerprint density at radius 2 is 2.56 bits per heavy atom. The first-order chi connectivity index (χ1) is 4.43. The number of hydrogen-bond acceptors (Lipinski definition) is 1. The lowest BCUT2D eigenvalue weighted by Gasteiger charge is -1.89. The van der Waals surface area contributed by atoms with Gasteiger partial charge in [-0.25, -0.2) is 0 Å². The molecular weight excluding hydrogens is 128 g/mol. The molecule has 1 rings (SSSR count). The Hall–Kier alpha value is -0.870. The third-order valence-corrected chi connectivity index (χ3v) is 1.49. The van der Waals surface area contributed by atoms with Gasteiger partial charge < -0.3 is 0 Å². The van der Waals surface area contributed by atoms with Gasteiger partial charge in [-0.05, 0) is 17.6 Å². The summed E-state index contributed by atoms with van der Waals surface area (Å²) in [6.07, 6.45) is 5.73. The van der Waals surface area contributed by atoms with Gasteiger partial charge in [0.05, 0.1) is 4.91 Å². The summed E-state index contributed by atoms with van der Waals surface area (Å²) < 4.78 is 0. The van der Waals surface area contributed by atoms with Crippen LogP contribution in [-0.4, -0.2) is 0 Å². The van der Waals surface area contributed by atoms with E-state index in [1.807, 2.05) is 18.2 Å². The molecule has 0 saturated carbocycles. The first-order valence-corrected chi connectivity index (χ1v) is 3.47. The zero-order chi connectivity index (χ0) is 6.53. The summed E-state index contributed by atoms with van der Waals surface area (Å²) in [4.78, 5) is 1.06. The molecule has 0 aliphatic heterocycles. The Kier molecular flexibility index (Phi) is 2.23. The minimum Gasteiger partial charge on any atom is -0.0923 e.